The molecule has 1 fully saturated rings. The van der Waals surface area contributed by atoms with Crippen molar-refractivity contribution in [2.24, 2.45) is 0 Å². The average Bonchev–Trinajstić information content (AvgIpc) is 3.02. The van der Waals surface area contributed by atoms with E-state index in [2.05, 4.69) is 5.32 Å². The van der Waals surface area contributed by atoms with E-state index in [4.69, 9.17) is 16.3 Å². The molecule has 2 amide bonds. The second kappa shape index (κ2) is 14.8. The number of benzene rings is 3. The fourth-order valence-electron chi connectivity index (χ4n) is 5.37. The first-order chi connectivity index (χ1) is 21.7. The summed E-state index contributed by atoms with van der Waals surface area (Å²) in [4.78, 5) is 28.6. The molecule has 0 spiro atoms. The van der Waals surface area contributed by atoms with E-state index in [9.17, 15) is 31.2 Å². The van der Waals surface area contributed by atoms with Crippen molar-refractivity contribution in [3.63, 3.8) is 0 Å². The van der Waals surface area contributed by atoms with Crippen LogP contribution in [0.1, 0.15) is 55.7 Å². The van der Waals surface area contributed by atoms with Crippen LogP contribution in [-0.4, -0.2) is 50.9 Å². The van der Waals surface area contributed by atoms with Gasteiger partial charge in [-0.2, -0.15) is 13.2 Å². The molecule has 0 bridgehead atoms. The highest BCUT2D eigenvalue weighted by atomic mass is 35.5. The van der Waals surface area contributed by atoms with Gasteiger partial charge in [0, 0.05) is 12.6 Å². The Balaban J connectivity index is 1.75. The van der Waals surface area contributed by atoms with Crippen LogP contribution >= 0.6 is 11.6 Å². The summed E-state index contributed by atoms with van der Waals surface area (Å²) in [6.07, 6.45) is -0.252. The van der Waals surface area contributed by atoms with E-state index in [1.54, 1.807) is 50.2 Å². The molecule has 1 aliphatic carbocycles. The highest BCUT2D eigenvalue weighted by Gasteiger charge is 2.37. The van der Waals surface area contributed by atoms with Crippen LogP contribution in [0.3, 0.4) is 0 Å². The zero-order chi connectivity index (χ0) is 33.6. The first-order valence-corrected chi connectivity index (χ1v) is 16.7. The third-order valence-electron chi connectivity index (χ3n) is 8.04. The van der Waals surface area contributed by atoms with Crippen LogP contribution < -0.4 is 14.4 Å². The van der Waals surface area contributed by atoms with Gasteiger partial charge in [0.05, 0.1) is 28.3 Å². The number of anilines is 1. The van der Waals surface area contributed by atoms with Crippen LogP contribution in [0.15, 0.2) is 71.6 Å². The Morgan fingerprint density at radius 1 is 1.02 bits per heavy atom. The number of rotatable bonds is 11. The lowest BCUT2D eigenvalue weighted by Crippen LogP contribution is -2.53. The zero-order valence-corrected chi connectivity index (χ0v) is 27.4. The SMILES string of the molecule is COc1cccc(CN(C(=O)CN(c2ccc(Cl)c(C(F)(F)F)c2)S(=O)(=O)c2ccc(C)cc2)C(C)C(=O)NC2CCCCC2)c1. The molecule has 0 heterocycles. The second-order valence-corrected chi connectivity index (χ2v) is 13.6. The van der Waals surface area contributed by atoms with E-state index in [1.807, 2.05) is 0 Å². The van der Waals surface area contributed by atoms with Crippen molar-refractivity contribution in [3.05, 3.63) is 88.4 Å². The summed E-state index contributed by atoms with van der Waals surface area (Å²) in [6.45, 7) is 2.31. The van der Waals surface area contributed by atoms with Gasteiger partial charge < -0.3 is 15.0 Å². The molecule has 8 nitrogen and oxygen atoms in total. The normalized spacial score (nSPS) is 14.8. The smallest absolute Gasteiger partial charge is 0.417 e. The van der Waals surface area contributed by atoms with Crippen molar-refractivity contribution in [3.8, 4) is 5.75 Å². The van der Waals surface area contributed by atoms with E-state index in [0.29, 0.717) is 21.7 Å². The van der Waals surface area contributed by atoms with Crippen LogP contribution in [-0.2, 0) is 32.3 Å². The zero-order valence-electron chi connectivity index (χ0n) is 25.8. The molecule has 248 valence electrons. The van der Waals surface area contributed by atoms with Gasteiger partial charge in [0.25, 0.3) is 10.0 Å². The van der Waals surface area contributed by atoms with Gasteiger partial charge in [0.15, 0.2) is 0 Å². The molecular formula is C33H37ClF3N3O5S. The van der Waals surface area contributed by atoms with Gasteiger partial charge in [-0.05, 0) is 74.7 Å². The summed E-state index contributed by atoms with van der Waals surface area (Å²) in [5, 5.41) is 2.39. The maximum atomic E-state index is 14.2. The van der Waals surface area contributed by atoms with E-state index < -0.39 is 56.9 Å². The lowest BCUT2D eigenvalue weighted by molar-refractivity contribution is -0.139. The van der Waals surface area contributed by atoms with Crippen LogP contribution in [0.25, 0.3) is 0 Å². The van der Waals surface area contributed by atoms with Crippen molar-refractivity contribution >= 4 is 39.1 Å². The molecule has 1 unspecified atom stereocenters. The topological polar surface area (TPSA) is 96.0 Å². The highest BCUT2D eigenvalue weighted by molar-refractivity contribution is 7.92. The summed E-state index contributed by atoms with van der Waals surface area (Å²) < 4.78 is 75.5. The number of carbonyl (C=O) groups is 2. The monoisotopic (exact) mass is 679 g/mol. The number of sulfonamides is 1. The van der Waals surface area contributed by atoms with Crippen LogP contribution in [0, 0.1) is 6.92 Å². The molecule has 3 aromatic carbocycles. The number of aryl methyl sites for hydroxylation is 1. The minimum atomic E-state index is -4.89. The first-order valence-electron chi connectivity index (χ1n) is 14.9. The number of carbonyl (C=O) groups excluding carboxylic acids is 2. The molecule has 0 aromatic heterocycles. The van der Waals surface area contributed by atoms with Crippen LogP contribution in [0.2, 0.25) is 5.02 Å². The molecule has 46 heavy (non-hydrogen) atoms. The standard InChI is InChI=1S/C33H37ClF3N3O5S/c1-22-12-15-28(16-13-22)46(43,44)40(26-14-17-30(34)29(19-26)33(35,36)37)21-31(41)39(20-24-8-7-11-27(18-24)45-3)23(2)32(42)38-25-9-5-4-6-10-25/h7-8,11-19,23,25H,4-6,9-10,20-21H2,1-3H3,(H,38,42). The Kier molecular flexibility index (Phi) is 11.3. The summed E-state index contributed by atoms with van der Waals surface area (Å²) in [5.74, 6) is -0.705. The number of ether oxygens (including phenoxy) is 1. The number of nitrogens with zero attached hydrogens (tertiary/aromatic N) is 2. The summed E-state index contributed by atoms with van der Waals surface area (Å²) in [7, 11) is -3.09. The third kappa shape index (κ3) is 8.52. The third-order valence-corrected chi connectivity index (χ3v) is 10.2. The first kappa shape index (κ1) is 35.1. The predicted molar refractivity (Wildman–Crippen MR) is 170 cm³/mol. The van der Waals surface area contributed by atoms with Gasteiger partial charge >= 0.3 is 6.18 Å². The van der Waals surface area contributed by atoms with Gasteiger partial charge in [0.1, 0.15) is 18.3 Å². The largest absolute Gasteiger partial charge is 0.497 e. The molecule has 13 heteroatoms. The van der Waals surface area contributed by atoms with Gasteiger partial charge in [-0.25, -0.2) is 8.42 Å². The Morgan fingerprint density at radius 2 is 1.70 bits per heavy atom. The molecule has 1 atom stereocenters. The van der Waals surface area contributed by atoms with Gasteiger partial charge in [-0.15, -0.1) is 0 Å². The fraction of sp³-hybridized carbons (Fsp3) is 0.394. The molecular weight excluding hydrogens is 643 g/mol. The Morgan fingerprint density at radius 3 is 2.33 bits per heavy atom. The van der Waals surface area contributed by atoms with E-state index in [1.165, 1.54) is 24.1 Å². The number of methoxy groups -OCH3 is 1. The molecule has 3 aromatic rings. The van der Waals surface area contributed by atoms with Crippen LogP contribution in [0.5, 0.6) is 5.75 Å². The number of hydrogen-bond donors (Lipinski definition) is 1. The number of halogens is 4. The maximum Gasteiger partial charge on any atom is 0.417 e. The minimum absolute atomic E-state index is 0.0502. The molecule has 0 radical (unpaired) electrons. The van der Waals surface area contributed by atoms with E-state index in [0.717, 1.165) is 49.8 Å². The van der Waals surface area contributed by atoms with Crippen molar-refractivity contribution in [1.29, 1.82) is 0 Å². The number of hydrogen-bond acceptors (Lipinski definition) is 5. The lowest BCUT2D eigenvalue weighted by Gasteiger charge is -2.33. The number of alkyl halides is 3. The quantitative estimate of drug-likeness (QED) is 0.242. The molecule has 0 aliphatic heterocycles. The number of amides is 2. The Hall–Kier alpha value is -3.77. The lowest BCUT2D eigenvalue weighted by atomic mass is 9.95. The molecule has 4 rings (SSSR count). The van der Waals surface area contributed by atoms with E-state index in [-0.39, 0.29) is 17.5 Å². The molecule has 1 aliphatic rings. The van der Waals surface area contributed by atoms with Gasteiger partial charge in [0.2, 0.25) is 11.8 Å². The highest BCUT2D eigenvalue weighted by Crippen LogP contribution is 2.38. The minimum Gasteiger partial charge on any atom is -0.497 e. The fourth-order valence-corrected chi connectivity index (χ4v) is 7.00. The van der Waals surface area contributed by atoms with Gasteiger partial charge in [-0.1, -0.05) is 60.7 Å². The van der Waals surface area contributed by atoms with Crippen molar-refractivity contribution in [1.82, 2.24) is 10.2 Å². The summed E-state index contributed by atoms with van der Waals surface area (Å²) >= 11 is 5.84. The average molecular weight is 680 g/mol. The Bertz CT molecular complexity index is 1640. The summed E-state index contributed by atoms with van der Waals surface area (Å²) in [6, 6.07) is 14.1. The van der Waals surface area contributed by atoms with Crippen LogP contribution in [0.4, 0.5) is 18.9 Å². The maximum absolute atomic E-state index is 14.2. The van der Waals surface area contributed by atoms with Crippen molar-refractivity contribution in [2.45, 2.75) is 75.7 Å². The van der Waals surface area contributed by atoms with Crippen molar-refractivity contribution in [2.75, 3.05) is 18.0 Å². The van der Waals surface area contributed by atoms with Gasteiger partial charge in [-0.3, -0.25) is 13.9 Å². The van der Waals surface area contributed by atoms with E-state index >= 15 is 0 Å². The van der Waals surface area contributed by atoms with Crippen molar-refractivity contribution < 1.29 is 35.9 Å². The summed E-state index contributed by atoms with van der Waals surface area (Å²) in [5.41, 5.74) is -0.304. The molecule has 0 saturated heterocycles. The Labute approximate surface area is 272 Å². The predicted octanol–water partition coefficient (Wildman–Crippen LogP) is 6.74. The molecule has 1 N–H and O–H groups in total. The second-order valence-electron chi connectivity index (χ2n) is 11.4. The number of nitrogens with one attached hydrogen (secondary N) is 1. The molecule has 1 saturated carbocycles.